The molecule has 2 unspecified atom stereocenters. The zero-order valence-electron chi connectivity index (χ0n) is 66.2. The van der Waals surface area contributed by atoms with E-state index in [1.165, 1.54) is 250 Å². The molecule has 0 aliphatic heterocycles. The van der Waals surface area contributed by atoms with Gasteiger partial charge in [0.2, 0.25) is 0 Å². The average molecular weight is 1480 g/mol. The first kappa shape index (κ1) is 99.1. The van der Waals surface area contributed by atoms with Gasteiger partial charge in [0, 0.05) is 25.7 Å². The van der Waals surface area contributed by atoms with E-state index >= 15 is 0 Å². The van der Waals surface area contributed by atoms with E-state index in [1.807, 2.05) is 0 Å². The predicted molar refractivity (Wildman–Crippen MR) is 414 cm³/mol. The highest BCUT2D eigenvalue weighted by atomic mass is 31.2. The molecule has 0 bridgehead atoms. The second kappa shape index (κ2) is 73.6. The van der Waals surface area contributed by atoms with E-state index in [2.05, 4.69) is 41.5 Å². The summed E-state index contributed by atoms with van der Waals surface area (Å²) in [4.78, 5) is 73.1. The number of aliphatic hydroxyl groups is 1. The van der Waals surface area contributed by atoms with Crippen LogP contribution in [0.2, 0.25) is 0 Å². The normalized spacial score (nSPS) is 13.9. The molecule has 0 aromatic carbocycles. The second-order valence-electron chi connectivity index (χ2n) is 30.5. The third-order valence-corrected chi connectivity index (χ3v) is 21.1. The summed E-state index contributed by atoms with van der Waals surface area (Å²) in [6.45, 7) is 9.68. The molecule has 0 aromatic heterocycles. The van der Waals surface area contributed by atoms with Gasteiger partial charge in [0.15, 0.2) is 12.2 Å². The van der Waals surface area contributed by atoms with E-state index in [-0.39, 0.29) is 25.7 Å². The Kier molecular flexibility index (Phi) is 72.2. The minimum absolute atomic E-state index is 0.108. The van der Waals surface area contributed by atoms with Crippen LogP contribution >= 0.6 is 15.6 Å². The SMILES string of the molecule is CCCCCCCCCCCCCCCCCCCC(=O)O[C@H](COC(=O)CCCCCCCCCCCCCCCC(C)C)COP(=O)(O)OC[C@@H](O)COP(=O)(O)OC[C@@H](COC(=O)CCCCCCCCCCCCCCC)OC(=O)CCCCCCCCCCCCCCC(C)C. The first-order chi connectivity index (χ1) is 48.9. The largest absolute Gasteiger partial charge is 0.472 e. The Hall–Kier alpha value is -1.94. The lowest BCUT2D eigenvalue weighted by atomic mass is 10.0. The molecule has 3 N–H and O–H groups in total. The van der Waals surface area contributed by atoms with Crippen LogP contribution in [0.1, 0.15) is 433 Å². The van der Waals surface area contributed by atoms with Crippen LogP contribution in [0.15, 0.2) is 0 Å². The van der Waals surface area contributed by atoms with Crippen molar-refractivity contribution in [2.24, 2.45) is 11.8 Å². The highest BCUT2D eigenvalue weighted by Crippen LogP contribution is 2.45. The van der Waals surface area contributed by atoms with E-state index in [0.29, 0.717) is 25.7 Å². The van der Waals surface area contributed by atoms with Crippen molar-refractivity contribution in [1.29, 1.82) is 0 Å². The summed E-state index contributed by atoms with van der Waals surface area (Å²) in [5, 5.41) is 10.7. The Morgan fingerprint density at radius 3 is 0.673 bits per heavy atom. The van der Waals surface area contributed by atoms with Crippen LogP contribution in [0.4, 0.5) is 0 Å². The molecule has 19 heteroatoms. The number of hydrogen-bond donors (Lipinski definition) is 3. The van der Waals surface area contributed by atoms with Crippen molar-refractivity contribution < 1.29 is 80.2 Å². The summed E-state index contributed by atoms with van der Waals surface area (Å²) in [5.41, 5.74) is 0. The van der Waals surface area contributed by atoms with E-state index in [4.69, 9.17) is 37.0 Å². The topological polar surface area (TPSA) is 237 Å². The van der Waals surface area contributed by atoms with Gasteiger partial charge in [0.05, 0.1) is 26.4 Å². The lowest BCUT2D eigenvalue weighted by Crippen LogP contribution is -2.30. The molecule has 0 saturated carbocycles. The van der Waals surface area contributed by atoms with Gasteiger partial charge in [-0.25, -0.2) is 9.13 Å². The second-order valence-corrected chi connectivity index (χ2v) is 33.4. The predicted octanol–water partition coefficient (Wildman–Crippen LogP) is 24.7. The zero-order valence-corrected chi connectivity index (χ0v) is 68.0. The van der Waals surface area contributed by atoms with E-state index in [9.17, 15) is 43.2 Å². The van der Waals surface area contributed by atoms with Gasteiger partial charge in [-0.15, -0.1) is 0 Å². The van der Waals surface area contributed by atoms with Gasteiger partial charge in [0.25, 0.3) is 0 Å². The van der Waals surface area contributed by atoms with Gasteiger partial charge in [-0.1, -0.05) is 382 Å². The molecule has 0 spiro atoms. The maximum absolute atomic E-state index is 13.1. The number of carbonyl (C=O) groups excluding carboxylic acids is 4. The standard InChI is InChI=1S/C82H160O17P2/c1-7-9-11-13-15-17-19-21-22-23-24-28-36-42-48-54-60-66-81(86)98-77(71-93-80(85)65-59-53-47-41-35-29-25-27-32-38-44-50-56-62-74(3)4)72-96-100(88,89)94-68-76(83)69-95-101(90,91)97-73-78(70-92-79(84)64-58-52-46-40-34-26-20-18-16-14-12-10-8-2)99-82(87)67-61-55-49-43-37-31-30-33-39-45-51-57-63-75(5)6/h74-78,83H,7-73H2,1-6H3,(H,88,89)(H,90,91)/t76-,77-,78-/m1/s1. The molecule has 0 aliphatic carbocycles. The highest BCUT2D eigenvalue weighted by molar-refractivity contribution is 7.47. The summed E-state index contributed by atoms with van der Waals surface area (Å²) in [5.74, 6) is -0.536. The van der Waals surface area contributed by atoms with Crippen molar-refractivity contribution in [3.8, 4) is 0 Å². The minimum atomic E-state index is -4.96. The van der Waals surface area contributed by atoms with Crippen LogP contribution in [0.3, 0.4) is 0 Å². The van der Waals surface area contributed by atoms with Crippen LogP contribution in [0.25, 0.3) is 0 Å². The number of aliphatic hydroxyl groups excluding tert-OH is 1. The smallest absolute Gasteiger partial charge is 0.462 e. The summed E-state index contributed by atoms with van der Waals surface area (Å²) in [6.07, 6.45) is 63.6. The molecule has 0 saturated heterocycles. The monoisotopic (exact) mass is 1480 g/mol. The number of esters is 4. The van der Waals surface area contributed by atoms with Gasteiger partial charge in [0.1, 0.15) is 19.3 Å². The van der Waals surface area contributed by atoms with Crippen molar-refractivity contribution in [3.63, 3.8) is 0 Å². The van der Waals surface area contributed by atoms with Gasteiger partial charge in [-0.3, -0.25) is 37.3 Å². The lowest BCUT2D eigenvalue weighted by molar-refractivity contribution is -0.161. The average Bonchev–Trinajstić information content (AvgIpc) is 1.20. The van der Waals surface area contributed by atoms with Crippen LogP contribution in [-0.4, -0.2) is 96.7 Å². The Balaban J connectivity index is 5.27. The fraction of sp³-hybridized carbons (Fsp3) is 0.951. The molecule has 0 amide bonds. The molecule has 0 heterocycles. The summed E-state index contributed by atoms with van der Waals surface area (Å²) < 4.78 is 68.8. The number of phosphoric ester groups is 2. The van der Waals surface area contributed by atoms with Crippen LogP contribution < -0.4 is 0 Å². The summed E-state index contributed by atoms with van der Waals surface area (Å²) >= 11 is 0. The van der Waals surface area contributed by atoms with Crippen molar-refractivity contribution in [2.45, 2.75) is 452 Å². The minimum Gasteiger partial charge on any atom is -0.462 e. The Labute approximate surface area is 619 Å². The number of carbonyl (C=O) groups is 4. The molecule has 0 fully saturated rings. The maximum Gasteiger partial charge on any atom is 0.472 e. The van der Waals surface area contributed by atoms with E-state index < -0.39 is 97.5 Å². The van der Waals surface area contributed by atoms with Crippen molar-refractivity contribution in [3.05, 3.63) is 0 Å². The number of phosphoric acid groups is 2. The molecule has 0 radical (unpaired) electrons. The number of unbranched alkanes of at least 4 members (excludes halogenated alkanes) is 51. The maximum atomic E-state index is 13.1. The highest BCUT2D eigenvalue weighted by Gasteiger charge is 2.30. The van der Waals surface area contributed by atoms with Crippen LogP contribution in [-0.2, 0) is 65.4 Å². The first-order valence-corrected chi connectivity index (χ1v) is 45.5. The summed E-state index contributed by atoms with van der Waals surface area (Å²) in [7, 11) is -9.92. The molecule has 600 valence electrons. The fourth-order valence-corrected chi connectivity index (χ4v) is 14.3. The van der Waals surface area contributed by atoms with Crippen molar-refractivity contribution in [2.75, 3.05) is 39.6 Å². The zero-order chi connectivity index (χ0) is 74.2. The van der Waals surface area contributed by atoms with Gasteiger partial charge in [-0.05, 0) is 37.5 Å². The molecule has 0 aromatic rings. The Morgan fingerprint density at radius 2 is 0.455 bits per heavy atom. The Bertz CT molecular complexity index is 1940. The fourth-order valence-electron chi connectivity index (χ4n) is 12.7. The first-order valence-electron chi connectivity index (χ1n) is 42.5. The number of hydrogen-bond acceptors (Lipinski definition) is 15. The van der Waals surface area contributed by atoms with Gasteiger partial charge in [-0.2, -0.15) is 0 Å². The Morgan fingerprint density at radius 1 is 0.267 bits per heavy atom. The lowest BCUT2D eigenvalue weighted by Gasteiger charge is -2.21. The molecular formula is C82H160O17P2. The third kappa shape index (κ3) is 76.1. The summed E-state index contributed by atoms with van der Waals surface area (Å²) in [6, 6.07) is 0. The van der Waals surface area contributed by atoms with E-state index in [1.54, 1.807) is 0 Å². The third-order valence-electron chi connectivity index (χ3n) is 19.2. The molecule has 0 rings (SSSR count). The molecule has 17 nitrogen and oxygen atoms in total. The van der Waals surface area contributed by atoms with E-state index in [0.717, 1.165) is 102 Å². The molecule has 101 heavy (non-hydrogen) atoms. The van der Waals surface area contributed by atoms with Crippen molar-refractivity contribution in [1.82, 2.24) is 0 Å². The number of ether oxygens (including phenoxy) is 4. The number of rotatable bonds is 81. The quantitative estimate of drug-likeness (QED) is 0.0222. The molecule has 0 aliphatic rings. The van der Waals surface area contributed by atoms with Crippen LogP contribution in [0, 0.1) is 11.8 Å². The molecule has 5 atom stereocenters. The van der Waals surface area contributed by atoms with Gasteiger partial charge < -0.3 is 33.8 Å². The van der Waals surface area contributed by atoms with Gasteiger partial charge >= 0.3 is 39.5 Å². The van der Waals surface area contributed by atoms with Crippen LogP contribution in [0.5, 0.6) is 0 Å². The van der Waals surface area contributed by atoms with Crippen molar-refractivity contribution >= 4 is 39.5 Å². The molecular weight excluding hydrogens is 1320 g/mol.